The van der Waals surface area contributed by atoms with Crippen molar-refractivity contribution in [2.24, 2.45) is 0 Å². The van der Waals surface area contributed by atoms with E-state index in [0.29, 0.717) is 24.4 Å². The molecule has 0 amide bonds. The van der Waals surface area contributed by atoms with Gasteiger partial charge in [0, 0.05) is 18.7 Å². The van der Waals surface area contributed by atoms with Crippen molar-refractivity contribution in [2.75, 3.05) is 11.4 Å². The highest BCUT2D eigenvalue weighted by molar-refractivity contribution is 5.90. The molecule has 0 aromatic heterocycles. The highest BCUT2D eigenvalue weighted by atomic mass is 19.4. The molecule has 2 aromatic carbocycles. The van der Waals surface area contributed by atoms with Crippen LogP contribution in [0.2, 0.25) is 0 Å². The Balaban J connectivity index is 1.75. The lowest BCUT2D eigenvalue weighted by atomic mass is 10.1. The van der Waals surface area contributed by atoms with Crippen molar-refractivity contribution in [1.29, 1.82) is 0 Å². The molecule has 0 aliphatic carbocycles. The maximum atomic E-state index is 12.4. The predicted molar refractivity (Wildman–Crippen MR) is 98.3 cm³/mol. The molecule has 168 valence electrons. The molecule has 0 bridgehead atoms. The Morgan fingerprint density at radius 3 is 2.42 bits per heavy atom. The summed E-state index contributed by atoms with van der Waals surface area (Å²) in [6.45, 7) is -3.06. The summed E-state index contributed by atoms with van der Waals surface area (Å²) in [7, 11) is 0. The summed E-state index contributed by atoms with van der Waals surface area (Å²) < 4.78 is 75.6. The van der Waals surface area contributed by atoms with Crippen LogP contribution in [0.3, 0.4) is 0 Å². The number of anilines is 1. The lowest BCUT2D eigenvalue weighted by Crippen LogP contribution is -2.34. The van der Waals surface area contributed by atoms with E-state index in [-0.39, 0.29) is 16.9 Å². The number of rotatable bonds is 8. The summed E-state index contributed by atoms with van der Waals surface area (Å²) in [4.78, 5) is 13.2. The van der Waals surface area contributed by atoms with Gasteiger partial charge < -0.3 is 24.2 Å². The fourth-order valence-corrected chi connectivity index (χ4v) is 3.27. The zero-order valence-corrected chi connectivity index (χ0v) is 15.9. The van der Waals surface area contributed by atoms with Crippen LogP contribution in [0, 0.1) is 0 Å². The minimum Gasteiger partial charge on any atom is -0.478 e. The predicted octanol–water partition coefficient (Wildman–Crippen LogP) is 5.03. The van der Waals surface area contributed by atoms with E-state index in [1.54, 1.807) is 0 Å². The summed E-state index contributed by atoms with van der Waals surface area (Å²) >= 11 is 0. The number of halogens is 5. The number of aromatic carboxylic acids is 1. The number of alkyl halides is 5. The van der Waals surface area contributed by atoms with Crippen LogP contribution in [0.15, 0.2) is 42.5 Å². The van der Waals surface area contributed by atoms with Crippen molar-refractivity contribution in [3.05, 3.63) is 53.6 Å². The first kappa shape index (κ1) is 22.6. The molecular weight excluding hydrogens is 429 g/mol. The molecule has 1 aliphatic heterocycles. The average molecular weight is 447 g/mol. The van der Waals surface area contributed by atoms with Crippen LogP contribution < -0.4 is 14.4 Å². The van der Waals surface area contributed by atoms with Crippen LogP contribution in [-0.2, 0) is 11.3 Å². The SMILES string of the molecule is O=C(O)c1ccc(N2CCC[C@@H]2Oc2ccc(OC(F)(F)F)cc2)cc1COC(F)F. The van der Waals surface area contributed by atoms with Gasteiger partial charge in [-0.3, -0.25) is 0 Å². The highest BCUT2D eigenvalue weighted by Crippen LogP contribution is 2.31. The third-order valence-electron chi connectivity index (χ3n) is 4.54. The van der Waals surface area contributed by atoms with Gasteiger partial charge in [-0.25, -0.2) is 4.79 Å². The molecule has 2 aromatic rings. The molecule has 0 spiro atoms. The van der Waals surface area contributed by atoms with Gasteiger partial charge in [0.2, 0.25) is 0 Å². The van der Waals surface area contributed by atoms with E-state index in [2.05, 4.69) is 9.47 Å². The van der Waals surface area contributed by atoms with Crippen LogP contribution >= 0.6 is 0 Å². The molecule has 3 rings (SSSR count). The fourth-order valence-electron chi connectivity index (χ4n) is 3.27. The highest BCUT2D eigenvalue weighted by Gasteiger charge is 2.31. The van der Waals surface area contributed by atoms with Crippen LogP contribution in [0.4, 0.5) is 27.6 Å². The van der Waals surface area contributed by atoms with Gasteiger partial charge in [0.15, 0.2) is 6.23 Å². The van der Waals surface area contributed by atoms with Crippen molar-refractivity contribution < 1.29 is 46.1 Å². The molecule has 0 radical (unpaired) electrons. The summed E-state index contributed by atoms with van der Waals surface area (Å²) in [6, 6.07) is 9.23. The Bertz CT molecular complexity index is 904. The maximum Gasteiger partial charge on any atom is 0.573 e. The van der Waals surface area contributed by atoms with Gasteiger partial charge in [0.1, 0.15) is 11.5 Å². The number of hydrogen-bond acceptors (Lipinski definition) is 5. The molecule has 1 aliphatic rings. The Labute approximate surface area is 173 Å². The number of benzene rings is 2. The van der Waals surface area contributed by atoms with Gasteiger partial charge in [0.25, 0.3) is 0 Å². The van der Waals surface area contributed by atoms with E-state index in [1.807, 2.05) is 4.90 Å². The lowest BCUT2D eigenvalue weighted by Gasteiger charge is -2.28. The van der Waals surface area contributed by atoms with Crippen molar-refractivity contribution in [2.45, 2.75) is 38.7 Å². The van der Waals surface area contributed by atoms with Gasteiger partial charge in [-0.2, -0.15) is 8.78 Å². The normalized spacial score (nSPS) is 16.6. The molecule has 1 heterocycles. The Morgan fingerprint density at radius 2 is 1.81 bits per heavy atom. The van der Waals surface area contributed by atoms with Gasteiger partial charge in [-0.1, -0.05) is 0 Å². The average Bonchev–Trinajstić information content (AvgIpc) is 3.14. The lowest BCUT2D eigenvalue weighted by molar-refractivity contribution is -0.274. The number of carboxylic acid groups (broad SMARTS) is 1. The molecule has 0 saturated carbocycles. The smallest absolute Gasteiger partial charge is 0.478 e. The Hall–Kier alpha value is -3.08. The number of nitrogens with zero attached hydrogens (tertiary/aromatic N) is 1. The largest absolute Gasteiger partial charge is 0.573 e. The van der Waals surface area contributed by atoms with Crippen molar-refractivity contribution >= 4 is 11.7 Å². The van der Waals surface area contributed by atoms with Gasteiger partial charge in [-0.05, 0) is 54.4 Å². The molecular formula is C20H18F5NO5. The fraction of sp³-hybridized carbons (Fsp3) is 0.350. The molecule has 1 fully saturated rings. The second-order valence-electron chi connectivity index (χ2n) is 6.65. The third-order valence-corrected chi connectivity index (χ3v) is 4.54. The number of ether oxygens (including phenoxy) is 3. The molecule has 1 atom stereocenters. The van der Waals surface area contributed by atoms with Gasteiger partial charge in [0.05, 0.1) is 12.2 Å². The van der Waals surface area contributed by atoms with Crippen molar-refractivity contribution in [1.82, 2.24) is 0 Å². The molecule has 0 unspecified atom stereocenters. The monoisotopic (exact) mass is 447 g/mol. The summed E-state index contributed by atoms with van der Waals surface area (Å²) in [6.07, 6.45) is -3.93. The molecule has 1 saturated heterocycles. The first-order valence-corrected chi connectivity index (χ1v) is 9.17. The van der Waals surface area contributed by atoms with E-state index in [0.717, 1.165) is 18.6 Å². The third kappa shape index (κ3) is 6.20. The number of hydrogen-bond donors (Lipinski definition) is 1. The van der Waals surface area contributed by atoms with E-state index in [4.69, 9.17) is 4.74 Å². The van der Waals surface area contributed by atoms with E-state index in [1.165, 1.54) is 30.3 Å². The molecule has 1 N–H and O–H groups in total. The Kier molecular flexibility index (Phi) is 6.84. The standard InChI is InChI=1S/C20H18F5NO5/c21-19(22)29-11-12-10-13(3-8-16(12)18(27)28)26-9-1-2-17(26)30-14-4-6-15(7-5-14)31-20(23,24)25/h3-8,10,17,19H,1-2,9,11H2,(H,27,28)/t17-/m0/s1. The Morgan fingerprint density at radius 1 is 1.13 bits per heavy atom. The number of carbonyl (C=O) groups is 1. The quantitative estimate of drug-likeness (QED) is 0.573. The second kappa shape index (κ2) is 9.38. The zero-order valence-electron chi connectivity index (χ0n) is 15.9. The van der Waals surface area contributed by atoms with Crippen LogP contribution in [0.1, 0.15) is 28.8 Å². The van der Waals surface area contributed by atoms with Gasteiger partial charge >= 0.3 is 18.9 Å². The first-order chi connectivity index (χ1) is 14.6. The van der Waals surface area contributed by atoms with E-state index >= 15 is 0 Å². The molecule has 31 heavy (non-hydrogen) atoms. The summed E-state index contributed by atoms with van der Waals surface area (Å²) in [5, 5.41) is 9.27. The van der Waals surface area contributed by atoms with E-state index in [9.17, 15) is 31.9 Å². The minimum atomic E-state index is -4.79. The zero-order chi connectivity index (χ0) is 22.6. The summed E-state index contributed by atoms with van der Waals surface area (Å²) in [5.74, 6) is -1.33. The molecule has 11 heteroatoms. The topological polar surface area (TPSA) is 68.2 Å². The van der Waals surface area contributed by atoms with Crippen LogP contribution in [-0.4, -0.2) is 36.8 Å². The maximum absolute atomic E-state index is 12.4. The van der Waals surface area contributed by atoms with Crippen LogP contribution in [0.5, 0.6) is 11.5 Å². The first-order valence-electron chi connectivity index (χ1n) is 9.17. The van der Waals surface area contributed by atoms with E-state index < -0.39 is 31.8 Å². The second-order valence-corrected chi connectivity index (χ2v) is 6.65. The summed E-state index contributed by atoms with van der Waals surface area (Å²) in [5.41, 5.74) is 0.489. The molecule has 6 nitrogen and oxygen atoms in total. The number of carboxylic acids is 1. The van der Waals surface area contributed by atoms with Gasteiger partial charge in [-0.15, -0.1) is 13.2 Å². The van der Waals surface area contributed by atoms with Crippen molar-refractivity contribution in [3.8, 4) is 11.5 Å². The minimum absolute atomic E-state index is 0.0876. The van der Waals surface area contributed by atoms with Crippen molar-refractivity contribution in [3.63, 3.8) is 0 Å². The van der Waals surface area contributed by atoms with Crippen LogP contribution in [0.25, 0.3) is 0 Å².